The topological polar surface area (TPSA) is 82.5 Å². The van der Waals surface area contributed by atoms with Crippen molar-refractivity contribution in [2.45, 2.75) is 42.7 Å². The molecule has 0 aliphatic heterocycles. The molecule has 7 heteroatoms. The molecule has 6 nitrogen and oxygen atoms in total. The molecule has 2 unspecified atom stereocenters. The lowest BCUT2D eigenvalue weighted by atomic mass is 9.93. The molecular weight excluding hydrogens is 278 g/mol. The summed E-state index contributed by atoms with van der Waals surface area (Å²) < 4.78 is 26.7. The summed E-state index contributed by atoms with van der Waals surface area (Å²) >= 11 is 0. The lowest BCUT2D eigenvalue weighted by Gasteiger charge is -2.34. The monoisotopic (exact) mass is 299 g/mol. The van der Waals surface area contributed by atoms with Crippen LogP contribution in [0, 0.1) is 0 Å². The molecule has 1 aromatic rings. The van der Waals surface area contributed by atoms with E-state index in [0.29, 0.717) is 18.7 Å². The lowest BCUT2D eigenvalue weighted by molar-refractivity contribution is 0.0638. The minimum absolute atomic E-state index is 0.141. The Hall–Kier alpha value is -1.18. The number of nitrogens with zero attached hydrogens (tertiary/aromatic N) is 2. The van der Waals surface area contributed by atoms with Crippen molar-refractivity contribution in [1.82, 2.24) is 9.29 Å². The molecule has 1 aromatic heterocycles. The van der Waals surface area contributed by atoms with Crippen molar-refractivity contribution >= 4 is 15.8 Å². The first-order valence-electron chi connectivity index (χ1n) is 6.77. The van der Waals surface area contributed by atoms with Crippen molar-refractivity contribution in [2.24, 2.45) is 0 Å². The van der Waals surface area contributed by atoms with Gasteiger partial charge in [-0.15, -0.1) is 0 Å². The van der Waals surface area contributed by atoms with E-state index in [9.17, 15) is 13.5 Å². The number of rotatable bonds is 4. The Balaban J connectivity index is 2.34. The molecule has 1 aliphatic carbocycles. The normalized spacial score (nSPS) is 23.8. The molecule has 0 amide bonds. The number of aliphatic hydroxyl groups is 1. The Morgan fingerprint density at radius 1 is 1.40 bits per heavy atom. The fourth-order valence-corrected chi connectivity index (χ4v) is 4.20. The van der Waals surface area contributed by atoms with E-state index in [1.807, 2.05) is 0 Å². The SMILES string of the molecule is CNc1ncccc1S(=O)(=O)N(C)C1CCCCC1O. The van der Waals surface area contributed by atoms with E-state index in [4.69, 9.17) is 0 Å². The highest BCUT2D eigenvalue weighted by Crippen LogP contribution is 2.28. The summed E-state index contributed by atoms with van der Waals surface area (Å²) in [5.74, 6) is 0.324. The van der Waals surface area contributed by atoms with Crippen LogP contribution >= 0.6 is 0 Å². The molecule has 112 valence electrons. The Labute approximate surface area is 119 Å². The number of sulfonamides is 1. The average Bonchev–Trinajstić information content (AvgIpc) is 2.47. The van der Waals surface area contributed by atoms with Gasteiger partial charge in [0.25, 0.3) is 0 Å². The molecule has 2 N–H and O–H groups in total. The van der Waals surface area contributed by atoms with Crippen LogP contribution in [0.15, 0.2) is 23.2 Å². The highest BCUT2D eigenvalue weighted by molar-refractivity contribution is 7.89. The molecule has 2 rings (SSSR count). The number of hydrogen-bond acceptors (Lipinski definition) is 5. The second-order valence-electron chi connectivity index (χ2n) is 5.04. The molecular formula is C13H21N3O3S. The Morgan fingerprint density at radius 2 is 2.10 bits per heavy atom. The zero-order valence-electron chi connectivity index (χ0n) is 11.8. The van der Waals surface area contributed by atoms with E-state index in [-0.39, 0.29) is 10.9 Å². The smallest absolute Gasteiger partial charge is 0.246 e. The minimum atomic E-state index is -3.67. The summed E-state index contributed by atoms with van der Waals surface area (Å²) in [6, 6.07) is 2.76. The molecule has 0 spiro atoms. The van der Waals surface area contributed by atoms with Gasteiger partial charge in [0.15, 0.2) is 0 Å². The molecule has 1 aliphatic rings. The average molecular weight is 299 g/mol. The lowest BCUT2D eigenvalue weighted by Crippen LogP contribution is -2.46. The first-order chi connectivity index (χ1) is 9.48. The minimum Gasteiger partial charge on any atom is -0.391 e. The van der Waals surface area contributed by atoms with Crippen molar-refractivity contribution < 1.29 is 13.5 Å². The van der Waals surface area contributed by atoms with Gasteiger partial charge in [-0.2, -0.15) is 4.31 Å². The molecule has 2 atom stereocenters. The van der Waals surface area contributed by atoms with E-state index >= 15 is 0 Å². The maximum Gasteiger partial charge on any atom is 0.246 e. The van der Waals surface area contributed by atoms with Gasteiger partial charge < -0.3 is 10.4 Å². The molecule has 0 radical (unpaired) electrons. The summed E-state index contributed by atoms with van der Waals surface area (Å²) in [5.41, 5.74) is 0. The summed E-state index contributed by atoms with van der Waals surface area (Å²) in [5, 5.41) is 12.8. The van der Waals surface area contributed by atoms with Crippen LogP contribution in [-0.2, 0) is 10.0 Å². The number of hydrogen-bond donors (Lipinski definition) is 2. The van der Waals surface area contributed by atoms with Crippen LogP contribution in [0.5, 0.6) is 0 Å². The summed E-state index contributed by atoms with van der Waals surface area (Å²) in [6.45, 7) is 0. The van der Waals surface area contributed by atoms with Crippen LogP contribution in [-0.4, -0.2) is 49.1 Å². The van der Waals surface area contributed by atoms with Crippen molar-refractivity contribution in [3.63, 3.8) is 0 Å². The van der Waals surface area contributed by atoms with Gasteiger partial charge in [0, 0.05) is 20.3 Å². The summed E-state index contributed by atoms with van der Waals surface area (Å²) in [7, 11) is -0.501. The van der Waals surface area contributed by atoms with Crippen LogP contribution in [0.1, 0.15) is 25.7 Å². The van der Waals surface area contributed by atoms with Crippen molar-refractivity contribution in [2.75, 3.05) is 19.4 Å². The zero-order valence-corrected chi connectivity index (χ0v) is 12.6. The third-order valence-electron chi connectivity index (χ3n) is 3.83. The van der Waals surface area contributed by atoms with E-state index in [0.717, 1.165) is 12.8 Å². The number of nitrogens with one attached hydrogen (secondary N) is 1. The molecule has 20 heavy (non-hydrogen) atoms. The van der Waals surface area contributed by atoms with Gasteiger partial charge in [-0.05, 0) is 25.0 Å². The number of likely N-dealkylation sites (N-methyl/N-ethyl adjacent to an activating group) is 1. The molecule has 1 fully saturated rings. The van der Waals surface area contributed by atoms with Crippen LogP contribution in [0.4, 0.5) is 5.82 Å². The molecule has 0 saturated heterocycles. The van der Waals surface area contributed by atoms with Crippen LogP contribution in [0.2, 0.25) is 0 Å². The van der Waals surface area contributed by atoms with Gasteiger partial charge >= 0.3 is 0 Å². The largest absolute Gasteiger partial charge is 0.391 e. The third kappa shape index (κ3) is 2.79. The van der Waals surface area contributed by atoms with Gasteiger partial charge in [0.1, 0.15) is 10.7 Å². The predicted molar refractivity (Wildman–Crippen MR) is 77.0 cm³/mol. The Bertz CT molecular complexity index is 562. The fourth-order valence-electron chi connectivity index (χ4n) is 2.64. The second-order valence-corrected chi connectivity index (χ2v) is 7.01. The number of anilines is 1. The maximum absolute atomic E-state index is 12.7. The summed E-state index contributed by atoms with van der Waals surface area (Å²) in [4.78, 5) is 4.17. The first-order valence-corrected chi connectivity index (χ1v) is 8.21. The van der Waals surface area contributed by atoms with E-state index in [1.165, 1.54) is 17.4 Å². The second kappa shape index (κ2) is 6.07. The van der Waals surface area contributed by atoms with Crippen molar-refractivity contribution in [3.8, 4) is 0 Å². The number of aromatic nitrogens is 1. The number of aliphatic hydroxyl groups excluding tert-OH is 1. The van der Waals surface area contributed by atoms with Gasteiger partial charge in [0.2, 0.25) is 10.0 Å². The van der Waals surface area contributed by atoms with E-state index < -0.39 is 16.1 Å². The standard InChI is InChI=1S/C13H21N3O3S/c1-14-13-12(8-5-9-15-13)20(18,19)16(2)10-6-3-4-7-11(10)17/h5,8-11,17H,3-4,6-7H2,1-2H3,(H,14,15). The Kier molecular flexibility index (Phi) is 4.62. The molecule has 0 bridgehead atoms. The highest BCUT2D eigenvalue weighted by Gasteiger charge is 2.35. The van der Waals surface area contributed by atoms with Crippen molar-refractivity contribution in [1.29, 1.82) is 0 Å². The summed E-state index contributed by atoms with van der Waals surface area (Å²) in [6.07, 6.45) is 4.16. The molecule has 1 heterocycles. The Morgan fingerprint density at radius 3 is 2.75 bits per heavy atom. The maximum atomic E-state index is 12.7. The van der Waals surface area contributed by atoms with Crippen LogP contribution in [0.25, 0.3) is 0 Å². The first kappa shape index (κ1) is 15.2. The fraction of sp³-hybridized carbons (Fsp3) is 0.615. The highest BCUT2D eigenvalue weighted by atomic mass is 32.2. The van der Waals surface area contributed by atoms with Gasteiger partial charge in [-0.3, -0.25) is 0 Å². The van der Waals surface area contributed by atoms with Crippen LogP contribution < -0.4 is 5.32 Å². The molecule has 0 aromatic carbocycles. The van der Waals surface area contributed by atoms with Crippen LogP contribution in [0.3, 0.4) is 0 Å². The molecule has 1 saturated carbocycles. The van der Waals surface area contributed by atoms with Gasteiger partial charge in [-0.25, -0.2) is 13.4 Å². The van der Waals surface area contributed by atoms with Gasteiger partial charge in [-0.1, -0.05) is 12.8 Å². The van der Waals surface area contributed by atoms with E-state index in [2.05, 4.69) is 10.3 Å². The van der Waals surface area contributed by atoms with Crippen molar-refractivity contribution in [3.05, 3.63) is 18.3 Å². The predicted octanol–water partition coefficient (Wildman–Crippen LogP) is 1.05. The zero-order chi connectivity index (χ0) is 14.8. The van der Waals surface area contributed by atoms with Gasteiger partial charge in [0.05, 0.1) is 12.1 Å². The third-order valence-corrected chi connectivity index (χ3v) is 5.74. The van der Waals surface area contributed by atoms with E-state index in [1.54, 1.807) is 19.3 Å². The number of pyridine rings is 1. The quantitative estimate of drug-likeness (QED) is 0.868.